The van der Waals surface area contributed by atoms with Gasteiger partial charge in [0, 0.05) is 36.7 Å². The number of nitrogens with one attached hydrogen (secondary N) is 1. The quantitative estimate of drug-likeness (QED) is 0.0190. The minimum atomic E-state index is -0.716. The average Bonchev–Trinajstić information content (AvgIpc) is 3.10. The third kappa shape index (κ3) is 16.4. The lowest BCUT2D eigenvalue weighted by Crippen LogP contribution is -2.41. The van der Waals surface area contributed by atoms with E-state index >= 15 is 0 Å². The number of amides is 2. The summed E-state index contributed by atoms with van der Waals surface area (Å²) >= 11 is 0. The molecule has 0 bridgehead atoms. The Labute approximate surface area is 315 Å². The molecule has 0 saturated carbocycles. The standard InChI is InChI=1S/C38H53N9O7/c1-23(2)8-14-30-33(54-21-27(48)20-26(36(40)52)6-4-18-45-37(41)42)17-15-29(35(30)51)32(49)16-11-25-9-12-28(13-10-25)53-22-34(50)47-31(24(3)39)7-5-19-46-38(43)44/h8-13,15-17,26,31,51H,3-7,14,18-22,39H2,1-2H3,(H2,40,52)(H,47,50)(H4,41,42,45)(H4,43,44,46)/b16-11+. The molecular formula is C38H53N9O7. The number of allylic oxidation sites excluding steroid dienone is 3. The van der Waals surface area contributed by atoms with Crippen LogP contribution in [0.25, 0.3) is 6.08 Å². The van der Waals surface area contributed by atoms with Crippen LogP contribution >= 0.6 is 0 Å². The summed E-state index contributed by atoms with van der Waals surface area (Å²) in [6.45, 7) is 7.55. The van der Waals surface area contributed by atoms with Gasteiger partial charge in [-0.3, -0.25) is 29.2 Å². The number of primary amides is 1. The van der Waals surface area contributed by atoms with Crippen molar-refractivity contribution in [3.05, 3.63) is 83.1 Å². The van der Waals surface area contributed by atoms with E-state index in [-0.39, 0.29) is 66.7 Å². The van der Waals surface area contributed by atoms with Crippen LogP contribution in [0.1, 0.15) is 67.4 Å². The van der Waals surface area contributed by atoms with Crippen LogP contribution in [0.3, 0.4) is 0 Å². The summed E-state index contributed by atoms with van der Waals surface area (Å²) in [7, 11) is 0. The van der Waals surface area contributed by atoms with E-state index in [0.717, 1.165) is 5.57 Å². The first-order valence-corrected chi connectivity index (χ1v) is 17.3. The molecule has 16 heteroatoms. The number of phenols is 1. The molecule has 0 aromatic heterocycles. The number of hydrogen-bond donors (Lipinski definition) is 8. The molecule has 292 valence electrons. The number of ether oxygens (including phenoxy) is 2. The van der Waals surface area contributed by atoms with E-state index in [1.54, 1.807) is 30.3 Å². The molecule has 0 aliphatic heterocycles. The van der Waals surface area contributed by atoms with Crippen LogP contribution in [0.5, 0.6) is 17.2 Å². The van der Waals surface area contributed by atoms with Gasteiger partial charge < -0.3 is 54.3 Å². The summed E-state index contributed by atoms with van der Waals surface area (Å²) in [5.41, 5.74) is 34.9. The number of phenolic OH excluding ortho intramolecular Hbond substituents is 1. The Morgan fingerprint density at radius 1 is 0.870 bits per heavy atom. The average molecular weight is 748 g/mol. The number of hydrogen-bond acceptors (Lipinski definition) is 10. The van der Waals surface area contributed by atoms with Gasteiger partial charge in [0.1, 0.15) is 23.9 Å². The number of aromatic hydroxyl groups is 1. The predicted octanol–water partition coefficient (Wildman–Crippen LogP) is 1.68. The van der Waals surface area contributed by atoms with Crippen LogP contribution in [0.4, 0.5) is 0 Å². The highest BCUT2D eigenvalue weighted by Gasteiger charge is 2.22. The lowest BCUT2D eigenvalue weighted by atomic mass is 9.96. The Balaban J connectivity index is 2.05. The fourth-order valence-corrected chi connectivity index (χ4v) is 5.01. The third-order valence-corrected chi connectivity index (χ3v) is 7.90. The van der Waals surface area contributed by atoms with E-state index in [4.69, 9.17) is 43.9 Å². The number of guanidine groups is 2. The van der Waals surface area contributed by atoms with Crippen LogP contribution < -0.4 is 49.2 Å². The highest BCUT2D eigenvalue weighted by atomic mass is 16.5. The first kappa shape index (κ1) is 43.8. The molecule has 16 nitrogen and oxygen atoms in total. The molecule has 0 spiro atoms. The smallest absolute Gasteiger partial charge is 0.258 e. The molecule has 2 rings (SSSR count). The number of Topliss-reactive ketones (excluding diaryl/α,β-unsaturated/α-hetero) is 1. The van der Waals surface area contributed by atoms with Crippen molar-refractivity contribution < 1.29 is 33.8 Å². The topological polar surface area (TPSA) is 300 Å². The van der Waals surface area contributed by atoms with Gasteiger partial charge in [0.25, 0.3) is 5.91 Å². The van der Waals surface area contributed by atoms with Crippen molar-refractivity contribution in [2.45, 2.75) is 58.4 Å². The Kier molecular flexibility index (Phi) is 18.3. The second-order valence-corrected chi connectivity index (χ2v) is 12.7. The van der Waals surface area contributed by atoms with E-state index in [2.05, 4.69) is 21.9 Å². The van der Waals surface area contributed by atoms with Crippen LogP contribution in [0.15, 0.2) is 76.4 Å². The first-order chi connectivity index (χ1) is 25.6. The second kappa shape index (κ2) is 22.6. The van der Waals surface area contributed by atoms with E-state index in [9.17, 15) is 24.3 Å². The predicted molar refractivity (Wildman–Crippen MR) is 209 cm³/mol. The monoisotopic (exact) mass is 747 g/mol. The fraction of sp³-hybridized carbons (Fsp3) is 0.368. The van der Waals surface area contributed by atoms with Crippen molar-refractivity contribution in [1.29, 1.82) is 0 Å². The fourth-order valence-electron chi connectivity index (χ4n) is 5.01. The zero-order valence-electron chi connectivity index (χ0n) is 30.9. The Morgan fingerprint density at radius 2 is 1.50 bits per heavy atom. The maximum absolute atomic E-state index is 13.2. The van der Waals surface area contributed by atoms with Gasteiger partial charge in [0.2, 0.25) is 5.91 Å². The van der Waals surface area contributed by atoms with Crippen LogP contribution in [-0.4, -0.2) is 72.8 Å². The summed E-state index contributed by atoms with van der Waals surface area (Å²) in [4.78, 5) is 58.1. The largest absolute Gasteiger partial charge is 0.507 e. The first-order valence-electron chi connectivity index (χ1n) is 17.3. The van der Waals surface area contributed by atoms with E-state index in [0.29, 0.717) is 61.3 Å². The Morgan fingerprint density at radius 3 is 2.07 bits per heavy atom. The minimum absolute atomic E-state index is 0.0132. The van der Waals surface area contributed by atoms with Crippen LogP contribution in [0, 0.1) is 5.92 Å². The maximum Gasteiger partial charge on any atom is 0.258 e. The number of benzene rings is 2. The van der Waals surface area contributed by atoms with Gasteiger partial charge in [0.05, 0.1) is 11.6 Å². The molecule has 2 unspecified atom stereocenters. The molecule has 0 saturated heterocycles. The van der Waals surface area contributed by atoms with Gasteiger partial charge in [-0.25, -0.2) is 0 Å². The molecule has 2 amide bonds. The zero-order valence-corrected chi connectivity index (χ0v) is 30.9. The summed E-state index contributed by atoms with van der Waals surface area (Å²) in [6, 6.07) is 9.16. The highest BCUT2D eigenvalue weighted by molar-refractivity contribution is 6.09. The molecule has 0 radical (unpaired) electrons. The Bertz CT molecular complexity index is 1740. The van der Waals surface area contributed by atoms with Gasteiger partial charge in [0.15, 0.2) is 30.1 Å². The number of aliphatic imine (C=N–C) groups is 2. The summed E-state index contributed by atoms with van der Waals surface area (Å²) in [5.74, 6) is -2.27. The van der Waals surface area contributed by atoms with Crippen LogP contribution in [-0.2, 0) is 20.8 Å². The van der Waals surface area contributed by atoms with Crippen molar-refractivity contribution >= 4 is 41.4 Å². The number of rotatable bonds is 24. The number of nitrogens with zero attached hydrogens (tertiary/aromatic N) is 2. The van der Waals surface area contributed by atoms with Gasteiger partial charge >= 0.3 is 0 Å². The molecule has 2 atom stereocenters. The highest BCUT2D eigenvalue weighted by Crippen LogP contribution is 2.33. The third-order valence-electron chi connectivity index (χ3n) is 7.90. The molecule has 0 aliphatic rings. The van der Waals surface area contributed by atoms with Crippen molar-refractivity contribution in [2.75, 3.05) is 26.3 Å². The molecule has 2 aromatic rings. The molecule has 0 fully saturated rings. The maximum atomic E-state index is 13.2. The number of carbonyl (C=O) groups is 4. The number of nitrogens with two attached hydrogens (primary N) is 6. The lowest BCUT2D eigenvalue weighted by Gasteiger charge is -2.18. The van der Waals surface area contributed by atoms with E-state index in [1.807, 2.05) is 19.9 Å². The number of ketones is 2. The normalized spacial score (nSPS) is 11.8. The van der Waals surface area contributed by atoms with Crippen molar-refractivity contribution in [2.24, 2.45) is 50.3 Å². The van der Waals surface area contributed by atoms with Crippen molar-refractivity contribution in [3.63, 3.8) is 0 Å². The Hall–Kier alpha value is -6.32. The van der Waals surface area contributed by atoms with Crippen molar-refractivity contribution in [3.8, 4) is 17.2 Å². The minimum Gasteiger partial charge on any atom is -0.507 e. The number of carbonyl (C=O) groups excluding carboxylic acids is 4. The molecule has 2 aromatic carbocycles. The van der Waals surface area contributed by atoms with Gasteiger partial charge in [-0.15, -0.1) is 0 Å². The lowest BCUT2D eigenvalue weighted by molar-refractivity contribution is -0.128. The summed E-state index contributed by atoms with van der Waals surface area (Å²) in [6.07, 6.45) is 6.71. The molecule has 0 heterocycles. The van der Waals surface area contributed by atoms with Gasteiger partial charge in [-0.05, 0) is 81.9 Å². The molecule has 14 N–H and O–H groups in total. The van der Waals surface area contributed by atoms with Gasteiger partial charge in [-0.2, -0.15) is 0 Å². The molecule has 0 aliphatic carbocycles. The van der Waals surface area contributed by atoms with E-state index < -0.39 is 23.7 Å². The van der Waals surface area contributed by atoms with Gasteiger partial charge in [-0.1, -0.05) is 36.4 Å². The second-order valence-electron chi connectivity index (χ2n) is 12.7. The van der Waals surface area contributed by atoms with Crippen LogP contribution in [0.2, 0.25) is 0 Å². The molecule has 54 heavy (non-hydrogen) atoms. The summed E-state index contributed by atoms with van der Waals surface area (Å²) < 4.78 is 11.4. The van der Waals surface area contributed by atoms with Crippen molar-refractivity contribution in [1.82, 2.24) is 5.32 Å². The summed E-state index contributed by atoms with van der Waals surface area (Å²) in [5, 5.41) is 14.0. The molecular weight excluding hydrogens is 694 g/mol. The zero-order chi connectivity index (χ0) is 40.2. The van der Waals surface area contributed by atoms with E-state index in [1.165, 1.54) is 18.2 Å². The SMILES string of the molecule is C=C(N)C(CCCN=C(N)N)NC(=O)COc1ccc(/C=C/C(=O)c2ccc(OCC(=O)CC(CCCN=C(N)N)C(N)=O)c(CC=C(C)C)c2O)cc1.